The second kappa shape index (κ2) is 7.80. The Bertz CT molecular complexity index is 1010. The molecule has 4 aromatic rings. The fourth-order valence-corrected chi connectivity index (χ4v) is 3.62. The summed E-state index contributed by atoms with van der Waals surface area (Å²) in [6, 6.07) is 29.2. The first-order valence-corrected chi connectivity index (χ1v) is 9.78. The van der Waals surface area contributed by atoms with Crippen molar-refractivity contribution in [2.75, 3.05) is 22.7 Å². The monoisotopic (exact) mass is 375 g/mol. The molecule has 29 heavy (non-hydrogen) atoms. The molecule has 139 valence electrons. The molecule has 0 N–H and O–H groups in total. The summed E-state index contributed by atoms with van der Waals surface area (Å²) in [5, 5.41) is 0. The van der Waals surface area contributed by atoms with Gasteiger partial charge in [-0.25, -0.2) is 9.97 Å². The largest absolute Gasteiger partial charge is 0.394 e. The van der Waals surface area contributed by atoms with Crippen LogP contribution in [0.5, 0.6) is 0 Å². The van der Waals surface area contributed by atoms with Gasteiger partial charge in [0.05, 0.1) is 0 Å². The van der Waals surface area contributed by atoms with E-state index in [1.807, 2.05) is 24.5 Å². The van der Waals surface area contributed by atoms with Gasteiger partial charge in [-0.3, -0.25) is 0 Å². The van der Waals surface area contributed by atoms with Gasteiger partial charge < -0.3 is 9.62 Å². The number of hydrogen-bond donors (Lipinski definition) is 0. The molecule has 0 bridgehead atoms. The topological polar surface area (TPSA) is 32.3 Å². The van der Waals surface area contributed by atoms with Gasteiger partial charge in [0.2, 0.25) is 0 Å². The maximum absolute atomic E-state index is 4.59. The van der Waals surface area contributed by atoms with Crippen molar-refractivity contribution >= 4 is 19.2 Å². The van der Waals surface area contributed by atoms with Gasteiger partial charge in [-0.1, -0.05) is 60.7 Å². The summed E-state index contributed by atoms with van der Waals surface area (Å²) < 4.78 is 0. The van der Waals surface area contributed by atoms with E-state index in [2.05, 4.69) is 99.9 Å². The molecule has 0 aliphatic carbocycles. The molecule has 0 spiro atoms. The van der Waals surface area contributed by atoms with Crippen LogP contribution in [-0.2, 0) is 0 Å². The van der Waals surface area contributed by atoms with Gasteiger partial charge in [-0.2, -0.15) is 0 Å². The zero-order valence-electron chi connectivity index (χ0n) is 16.0. The van der Waals surface area contributed by atoms with E-state index in [0.29, 0.717) is 0 Å². The smallest absolute Gasteiger partial charge is 0.382 e. The predicted molar refractivity (Wildman–Crippen MR) is 120 cm³/mol. The van der Waals surface area contributed by atoms with Gasteiger partial charge in [0.15, 0.2) is 0 Å². The number of hydrogen-bond acceptors (Lipinski definition) is 4. The highest BCUT2D eigenvalue weighted by Crippen LogP contribution is 2.27. The summed E-state index contributed by atoms with van der Waals surface area (Å²) in [6.45, 7) is 1.75. The van der Waals surface area contributed by atoms with Crippen molar-refractivity contribution in [1.29, 1.82) is 0 Å². The van der Waals surface area contributed by atoms with Gasteiger partial charge in [-0.15, -0.1) is 0 Å². The van der Waals surface area contributed by atoms with Crippen molar-refractivity contribution in [2.45, 2.75) is 0 Å². The van der Waals surface area contributed by atoms with Crippen molar-refractivity contribution < 1.29 is 0 Å². The van der Waals surface area contributed by atoms with Crippen molar-refractivity contribution in [3.63, 3.8) is 0 Å². The summed E-state index contributed by atoms with van der Waals surface area (Å²) >= 11 is 0. The summed E-state index contributed by atoms with van der Waals surface area (Å²) in [5.41, 5.74) is 4.74. The lowest BCUT2D eigenvalue weighted by atomic mass is 10.0. The van der Waals surface area contributed by atoms with E-state index in [-0.39, 0.29) is 0 Å². The first-order valence-electron chi connectivity index (χ1n) is 9.78. The van der Waals surface area contributed by atoms with E-state index >= 15 is 0 Å². The van der Waals surface area contributed by atoms with Crippen LogP contribution in [-0.4, -0.2) is 30.6 Å². The average molecular weight is 375 g/mol. The highest BCUT2D eigenvalue weighted by Gasteiger charge is 2.25. The van der Waals surface area contributed by atoms with Crippen LogP contribution in [0.1, 0.15) is 0 Å². The lowest BCUT2D eigenvalue weighted by Crippen LogP contribution is -2.30. The third kappa shape index (κ3) is 3.72. The molecule has 0 unspecified atom stereocenters. The van der Waals surface area contributed by atoms with Crippen LogP contribution in [0.15, 0.2) is 97.3 Å². The molecule has 1 aliphatic heterocycles. The number of aromatic nitrogens is 2. The minimum Gasteiger partial charge on any atom is -0.382 e. The Kier molecular flexibility index (Phi) is 4.71. The van der Waals surface area contributed by atoms with Crippen LogP contribution in [0.25, 0.3) is 22.3 Å². The van der Waals surface area contributed by atoms with E-state index in [0.717, 1.165) is 24.7 Å². The quantitative estimate of drug-likeness (QED) is 0.485. The van der Waals surface area contributed by atoms with Gasteiger partial charge in [0, 0.05) is 25.5 Å². The van der Waals surface area contributed by atoms with Gasteiger partial charge in [0.25, 0.3) is 0 Å². The van der Waals surface area contributed by atoms with Gasteiger partial charge >= 0.3 is 7.55 Å². The van der Waals surface area contributed by atoms with E-state index in [1.165, 1.54) is 22.3 Å². The first kappa shape index (κ1) is 17.5. The summed E-state index contributed by atoms with van der Waals surface area (Å²) in [6.07, 6.45) is 3.75. The molecule has 0 atom stereocenters. The molecule has 2 aromatic heterocycles. The molecular weight excluding hydrogens is 355 g/mol. The second-order valence-electron chi connectivity index (χ2n) is 7.04. The van der Waals surface area contributed by atoms with Gasteiger partial charge in [-0.05, 0) is 46.5 Å². The van der Waals surface area contributed by atoms with Crippen LogP contribution >= 0.6 is 0 Å². The molecule has 0 saturated carbocycles. The normalized spacial score (nSPS) is 13.4. The summed E-state index contributed by atoms with van der Waals surface area (Å²) in [7, 11) is 2.11. The third-order valence-electron chi connectivity index (χ3n) is 5.15. The molecule has 1 saturated heterocycles. The van der Waals surface area contributed by atoms with E-state index in [4.69, 9.17) is 0 Å². The maximum atomic E-state index is 4.59. The maximum Gasteiger partial charge on any atom is 0.394 e. The molecule has 0 amide bonds. The van der Waals surface area contributed by atoms with Crippen molar-refractivity contribution in [3.8, 4) is 22.3 Å². The molecular formula is C24H20BN4. The molecule has 3 heterocycles. The van der Waals surface area contributed by atoms with Crippen molar-refractivity contribution in [2.24, 2.45) is 0 Å². The van der Waals surface area contributed by atoms with Crippen LogP contribution in [0.2, 0.25) is 0 Å². The molecule has 5 rings (SSSR count). The Hall–Kier alpha value is -3.60. The minimum absolute atomic E-state index is 0.877. The fourth-order valence-electron chi connectivity index (χ4n) is 3.62. The Morgan fingerprint density at radius 3 is 1.45 bits per heavy atom. The number of rotatable bonds is 4. The van der Waals surface area contributed by atoms with E-state index in [1.54, 1.807) is 0 Å². The molecule has 1 fully saturated rings. The summed E-state index contributed by atoms with van der Waals surface area (Å²) in [5.74, 6) is 1.90. The highest BCUT2D eigenvalue weighted by molar-refractivity contribution is 6.48. The number of benzene rings is 2. The van der Waals surface area contributed by atoms with Gasteiger partial charge in [0.1, 0.15) is 11.6 Å². The molecule has 5 heteroatoms. The van der Waals surface area contributed by atoms with Crippen LogP contribution < -0.4 is 9.62 Å². The molecule has 2 aromatic carbocycles. The summed E-state index contributed by atoms with van der Waals surface area (Å²) in [4.78, 5) is 13.5. The Balaban J connectivity index is 1.36. The average Bonchev–Trinajstić information content (AvgIpc) is 3.31. The second-order valence-corrected chi connectivity index (χ2v) is 7.04. The lowest BCUT2D eigenvalue weighted by molar-refractivity contribution is 0.994. The highest BCUT2D eigenvalue weighted by atomic mass is 15.3. The zero-order chi connectivity index (χ0) is 19.5. The standard InChI is InChI=1S/C24H20BN4/c1-3-7-19(8-4-1)21-11-13-26-23(17-21)28-15-16-29(25-28)24-18-22(12-14-27-24)20-9-5-2-6-10-20/h1-14,17-18H,15-16H2. The van der Waals surface area contributed by atoms with Crippen LogP contribution in [0.3, 0.4) is 0 Å². The SMILES string of the molecule is [B]1N(c2cc(-c3ccccc3)ccn2)CCN1c1cc(-c2ccccc2)ccn1. The van der Waals surface area contributed by atoms with Crippen LogP contribution in [0.4, 0.5) is 11.6 Å². The Labute approximate surface area is 171 Å². The minimum atomic E-state index is 0.877. The Morgan fingerprint density at radius 2 is 1.00 bits per heavy atom. The first-order chi connectivity index (χ1) is 14.4. The van der Waals surface area contributed by atoms with E-state index in [9.17, 15) is 0 Å². The zero-order valence-corrected chi connectivity index (χ0v) is 16.0. The van der Waals surface area contributed by atoms with Crippen LogP contribution in [0, 0.1) is 0 Å². The van der Waals surface area contributed by atoms with Crippen molar-refractivity contribution in [3.05, 3.63) is 97.3 Å². The number of nitrogens with zero attached hydrogens (tertiary/aromatic N) is 4. The molecule has 4 nitrogen and oxygen atoms in total. The molecule has 1 radical (unpaired) electrons. The predicted octanol–water partition coefficient (Wildman–Crippen LogP) is 4.67. The number of anilines is 2. The lowest BCUT2D eigenvalue weighted by Gasteiger charge is -2.18. The van der Waals surface area contributed by atoms with E-state index < -0.39 is 0 Å². The van der Waals surface area contributed by atoms with Crippen molar-refractivity contribution in [1.82, 2.24) is 9.97 Å². The fraction of sp³-hybridized carbons (Fsp3) is 0.0833. The third-order valence-corrected chi connectivity index (χ3v) is 5.15. The Morgan fingerprint density at radius 1 is 0.552 bits per heavy atom. The molecule has 1 aliphatic rings. The number of pyridine rings is 2.